The molecular formula is C13H15NO5S. The molecule has 3 N–H and O–H groups in total. The van der Waals surface area contributed by atoms with E-state index in [4.69, 9.17) is 10.2 Å². The van der Waals surface area contributed by atoms with E-state index in [9.17, 15) is 13.2 Å². The second-order valence-electron chi connectivity index (χ2n) is 4.68. The molecule has 6 nitrogen and oxygen atoms in total. The normalized spacial score (nSPS) is 22.6. The molecular weight excluding hydrogens is 282 g/mol. The third-order valence-electron chi connectivity index (χ3n) is 3.04. The van der Waals surface area contributed by atoms with Crippen LogP contribution < -0.4 is 4.72 Å². The predicted octanol–water partition coefficient (Wildman–Crippen LogP) is 0.586. The Morgan fingerprint density at radius 1 is 1.25 bits per heavy atom. The molecule has 1 aliphatic carbocycles. The van der Waals surface area contributed by atoms with E-state index in [2.05, 4.69) is 4.72 Å². The van der Waals surface area contributed by atoms with Gasteiger partial charge < -0.3 is 10.2 Å². The first kappa shape index (κ1) is 14.7. The maximum Gasteiger partial charge on any atom is 0.328 e. The number of hydrogen-bond acceptors (Lipinski definition) is 4. The highest BCUT2D eigenvalue weighted by molar-refractivity contribution is 7.89. The molecule has 0 spiro atoms. The van der Waals surface area contributed by atoms with Gasteiger partial charge in [-0.3, -0.25) is 0 Å². The van der Waals surface area contributed by atoms with E-state index in [0.717, 1.165) is 6.08 Å². The number of aliphatic carboxylic acids is 1. The number of carboxylic acids is 1. The minimum absolute atomic E-state index is 0.117. The molecule has 0 aliphatic heterocycles. The molecule has 0 unspecified atom stereocenters. The minimum Gasteiger partial charge on any atom is -0.478 e. The zero-order valence-corrected chi connectivity index (χ0v) is 11.4. The van der Waals surface area contributed by atoms with Gasteiger partial charge in [-0.1, -0.05) is 12.1 Å². The third kappa shape index (κ3) is 3.66. The van der Waals surface area contributed by atoms with E-state index in [1.54, 1.807) is 0 Å². The largest absolute Gasteiger partial charge is 0.478 e. The average molecular weight is 297 g/mol. The highest BCUT2D eigenvalue weighted by Gasteiger charge is 2.31. The number of carbonyl (C=O) groups is 1. The third-order valence-corrected chi connectivity index (χ3v) is 4.58. The molecule has 0 saturated heterocycles. The van der Waals surface area contributed by atoms with E-state index in [1.807, 2.05) is 0 Å². The van der Waals surface area contributed by atoms with Gasteiger partial charge in [-0.25, -0.2) is 17.9 Å². The lowest BCUT2D eigenvalue weighted by Crippen LogP contribution is -2.46. The van der Waals surface area contributed by atoms with Crippen molar-refractivity contribution in [2.45, 2.75) is 29.9 Å². The SMILES string of the molecule is O=C(O)C=Cc1ccc(S(=O)(=O)NC2CC(O)C2)cc1. The van der Waals surface area contributed by atoms with Crippen LogP contribution in [-0.4, -0.2) is 36.7 Å². The second-order valence-corrected chi connectivity index (χ2v) is 6.40. The average Bonchev–Trinajstić information content (AvgIpc) is 2.35. The van der Waals surface area contributed by atoms with Crippen LogP contribution in [0.5, 0.6) is 0 Å². The van der Waals surface area contributed by atoms with Gasteiger partial charge in [0.25, 0.3) is 0 Å². The lowest BCUT2D eigenvalue weighted by Gasteiger charge is -2.31. The zero-order chi connectivity index (χ0) is 14.8. The molecule has 0 radical (unpaired) electrons. The fraction of sp³-hybridized carbons (Fsp3) is 0.308. The number of rotatable bonds is 5. The maximum atomic E-state index is 12.0. The summed E-state index contributed by atoms with van der Waals surface area (Å²) in [6, 6.07) is 5.67. The first-order valence-electron chi connectivity index (χ1n) is 6.08. The van der Waals surface area contributed by atoms with Gasteiger partial charge in [0.05, 0.1) is 11.0 Å². The standard InChI is InChI=1S/C13H15NO5S/c15-11-7-10(8-11)14-20(18,19)12-4-1-9(2-5-12)3-6-13(16)17/h1-6,10-11,14-15H,7-8H2,(H,16,17). The van der Waals surface area contributed by atoms with Gasteiger partial charge >= 0.3 is 5.97 Å². The summed E-state index contributed by atoms with van der Waals surface area (Å²) in [5.74, 6) is -1.06. The first-order chi connectivity index (χ1) is 9.37. The number of carboxylic acid groups (broad SMARTS) is 1. The van der Waals surface area contributed by atoms with Crippen molar-refractivity contribution < 1.29 is 23.4 Å². The Morgan fingerprint density at radius 3 is 2.35 bits per heavy atom. The molecule has 7 heteroatoms. The number of hydrogen-bond donors (Lipinski definition) is 3. The van der Waals surface area contributed by atoms with Crippen LogP contribution >= 0.6 is 0 Å². The Balaban J connectivity index is 2.06. The molecule has 0 heterocycles. The molecule has 0 aromatic heterocycles. The monoisotopic (exact) mass is 297 g/mol. The first-order valence-corrected chi connectivity index (χ1v) is 7.56. The fourth-order valence-corrected chi connectivity index (χ4v) is 3.16. The summed E-state index contributed by atoms with van der Waals surface area (Å²) in [7, 11) is -3.59. The Morgan fingerprint density at radius 2 is 1.85 bits per heavy atom. The van der Waals surface area contributed by atoms with Gasteiger partial charge in [-0.05, 0) is 36.6 Å². The summed E-state index contributed by atoms with van der Waals surface area (Å²) in [4.78, 5) is 10.5. The minimum atomic E-state index is -3.59. The molecule has 1 aromatic carbocycles. The van der Waals surface area contributed by atoms with Gasteiger partial charge in [0.1, 0.15) is 0 Å². The zero-order valence-electron chi connectivity index (χ0n) is 10.6. The van der Waals surface area contributed by atoms with Gasteiger partial charge in [0, 0.05) is 12.1 Å². The molecule has 1 aromatic rings. The lowest BCUT2D eigenvalue weighted by molar-refractivity contribution is -0.131. The number of sulfonamides is 1. The van der Waals surface area contributed by atoms with Crippen molar-refractivity contribution >= 4 is 22.1 Å². The summed E-state index contributed by atoms with van der Waals surface area (Å²) in [5, 5.41) is 17.6. The van der Waals surface area contributed by atoms with Gasteiger partial charge in [-0.2, -0.15) is 0 Å². The topological polar surface area (TPSA) is 104 Å². The highest BCUT2D eigenvalue weighted by atomic mass is 32.2. The van der Waals surface area contributed by atoms with Crippen LogP contribution in [0.15, 0.2) is 35.2 Å². The van der Waals surface area contributed by atoms with E-state index >= 15 is 0 Å². The van der Waals surface area contributed by atoms with Gasteiger partial charge in [0.15, 0.2) is 0 Å². The van der Waals surface area contributed by atoms with Crippen molar-refractivity contribution in [3.8, 4) is 0 Å². The maximum absolute atomic E-state index is 12.0. The Kier molecular flexibility index (Phi) is 4.22. The Labute approximate surface area is 116 Å². The van der Waals surface area contributed by atoms with E-state index in [1.165, 1.54) is 30.3 Å². The van der Waals surface area contributed by atoms with Gasteiger partial charge in [-0.15, -0.1) is 0 Å². The van der Waals surface area contributed by atoms with Crippen molar-refractivity contribution in [1.29, 1.82) is 0 Å². The molecule has 1 aliphatic rings. The summed E-state index contributed by atoms with van der Waals surface area (Å²) in [6.07, 6.45) is 2.80. The molecule has 0 atom stereocenters. The van der Waals surface area contributed by atoms with Crippen LogP contribution in [0.3, 0.4) is 0 Å². The molecule has 1 saturated carbocycles. The van der Waals surface area contributed by atoms with Crippen LogP contribution in [0, 0.1) is 0 Å². The molecule has 20 heavy (non-hydrogen) atoms. The van der Waals surface area contributed by atoms with Crippen molar-refractivity contribution in [2.24, 2.45) is 0 Å². The summed E-state index contributed by atoms with van der Waals surface area (Å²) < 4.78 is 26.5. The second kappa shape index (κ2) is 5.74. The Hall–Kier alpha value is -1.70. The van der Waals surface area contributed by atoms with E-state index < -0.39 is 22.1 Å². The number of benzene rings is 1. The predicted molar refractivity (Wildman–Crippen MR) is 72.5 cm³/mol. The van der Waals surface area contributed by atoms with Crippen molar-refractivity contribution in [2.75, 3.05) is 0 Å². The van der Waals surface area contributed by atoms with Crippen molar-refractivity contribution in [3.63, 3.8) is 0 Å². The summed E-state index contributed by atoms with van der Waals surface area (Å²) >= 11 is 0. The molecule has 108 valence electrons. The highest BCUT2D eigenvalue weighted by Crippen LogP contribution is 2.22. The van der Waals surface area contributed by atoms with Crippen molar-refractivity contribution in [3.05, 3.63) is 35.9 Å². The fourth-order valence-electron chi connectivity index (χ4n) is 1.90. The van der Waals surface area contributed by atoms with E-state index in [0.29, 0.717) is 18.4 Å². The summed E-state index contributed by atoms with van der Waals surface area (Å²) in [5.41, 5.74) is 0.602. The van der Waals surface area contributed by atoms with Crippen LogP contribution in [0.25, 0.3) is 6.08 Å². The molecule has 1 fully saturated rings. The smallest absolute Gasteiger partial charge is 0.328 e. The summed E-state index contributed by atoms with van der Waals surface area (Å²) in [6.45, 7) is 0. The van der Waals surface area contributed by atoms with Crippen LogP contribution in [0.1, 0.15) is 18.4 Å². The van der Waals surface area contributed by atoms with Crippen LogP contribution in [-0.2, 0) is 14.8 Å². The number of nitrogens with one attached hydrogen (secondary N) is 1. The quantitative estimate of drug-likeness (QED) is 0.690. The van der Waals surface area contributed by atoms with E-state index in [-0.39, 0.29) is 10.9 Å². The van der Waals surface area contributed by atoms with Crippen molar-refractivity contribution in [1.82, 2.24) is 4.72 Å². The Bertz CT molecular complexity index is 615. The molecule has 0 amide bonds. The lowest BCUT2D eigenvalue weighted by atomic mass is 9.91. The molecule has 2 rings (SSSR count). The number of aliphatic hydroxyl groups excluding tert-OH is 1. The number of aliphatic hydroxyl groups is 1. The molecule has 0 bridgehead atoms. The van der Waals surface area contributed by atoms with Gasteiger partial charge in [0.2, 0.25) is 10.0 Å². The van der Waals surface area contributed by atoms with Crippen LogP contribution in [0.2, 0.25) is 0 Å². The van der Waals surface area contributed by atoms with Crippen LogP contribution in [0.4, 0.5) is 0 Å².